The first-order chi connectivity index (χ1) is 7.86. The van der Waals surface area contributed by atoms with Crippen LogP contribution in [0.25, 0.3) is 0 Å². The number of nitrogens with one attached hydrogen (secondary N) is 1. The minimum absolute atomic E-state index is 0.630. The van der Waals surface area contributed by atoms with E-state index in [9.17, 15) is 0 Å². The molecule has 0 unspecified atom stereocenters. The summed E-state index contributed by atoms with van der Waals surface area (Å²) < 4.78 is 0. The SMILES string of the molecule is N#Cc1cncc(N2C[C@H]3CCN[C@H]3C2)c1. The van der Waals surface area contributed by atoms with Crippen LogP contribution in [0.1, 0.15) is 12.0 Å². The van der Waals surface area contributed by atoms with Crippen molar-refractivity contribution in [2.75, 3.05) is 24.5 Å². The zero-order valence-corrected chi connectivity index (χ0v) is 9.06. The summed E-state index contributed by atoms with van der Waals surface area (Å²) in [5, 5.41) is 12.4. The maximum atomic E-state index is 8.85. The number of nitriles is 1. The monoisotopic (exact) mass is 214 g/mol. The maximum Gasteiger partial charge on any atom is 0.101 e. The lowest BCUT2D eigenvalue weighted by Gasteiger charge is -2.19. The third-order valence-electron chi connectivity index (χ3n) is 3.58. The molecule has 0 amide bonds. The number of pyridine rings is 1. The minimum atomic E-state index is 0.630. The van der Waals surface area contributed by atoms with Crippen LogP contribution >= 0.6 is 0 Å². The van der Waals surface area contributed by atoms with Crippen molar-refractivity contribution in [2.24, 2.45) is 5.92 Å². The number of rotatable bonds is 1. The topological polar surface area (TPSA) is 52.0 Å². The second kappa shape index (κ2) is 3.76. The third kappa shape index (κ3) is 1.54. The van der Waals surface area contributed by atoms with Gasteiger partial charge in [-0.2, -0.15) is 5.26 Å². The average molecular weight is 214 g/mol. The first-order valence-electron chi connectivity index (χ1n) is 5.70. The first-order valence-corrected chi connectivity index (χ1v) is 5.70. The molecular weight excluding hydrogens is 200 g/mol. The molecule has 3 rings (SSSR count). The lowest BCUT2D eigenvalue weighted by atomic mass is 10.1. The molecule has 16 heavy (non-hydrogen) atoms. The van der Waals surface area contributed by atoms with Gasteiger partial charge in [0.05, 0.1) is 17.4 Å². The molecule has 2 saturated heterocycles. The second-order valence-electron chi connectivity index (χ2n) is 4.56. The highest BCUT2D eigenvalue weighted by Crippen LogP contribution is 2.28. The van der Waals surface area contributed by atoms with Crippen LogP contribution in [0.15, 0.2) is 18.5 Å². The van der Waals surface area contributed by atoms with Crippen molar-refractivity contribution in [3.63, 3.8) is 0 Å². The summed E-state index contributed by atoms with van der Waals surface area (Å²) in [4.78, 5) is 6.44. The van der Waals surface area contributed by atoms with Gasteiger partial charge in [0.25, 0.3) is 0 Å². The molecule has 4 nitrogen and oxygen atoms in total. The number of hydrogen-bond donors (Lipinski definition) is 1. The van der Waals surface area contributed by atoms with Crippen LogP contribution in [0.4, 0.5) is 5.69 Å². The molecule has 0 bridgehead atoms. The Morgan fingerprint density at radius 1 is 1.44 bits per heavy atom. The highest BCUT2D eigenvalue weighted by molar-refractivity contribution is 5.50. The van der Waals surface area contributed by atoms with Gasteiger partial charge in [-0.15, -0.1) is 0 Å². The molecule has 0 saturated carbocycles. The van der Waals surface area contributed by atoms with E-state index in [0.29, 0.717) is 11.6 Å². The van der Waals surface area contributed by atoms with Crippen molar-refractivity contribution in [1.82, 2.24) is 10.3 Å². The molecular formula is C12H14N4. The van der Waals surface area contributed by atoms with Crippen LogP contribution in [0, 0.1) is 17.2 Å². The van der Waals surface area contributed by atoms with Gasteiger partial charge in [0.2, 0.25) is 0 Å². The summed E-state index contributed by atoms with van der Waals surface area (Å²) in [7, 11) is 0. The zero-order valence-electron chi connectivity index (χ0n) is 9.06. The van der Waals surface area contributed by atoms with E-state index in [2.05, 4.69) is 21.3 Å². The normalized spacial score (nSPS) is 27.8. The van der Waals surface area contributed by atoms with Gasteiger partial charge in [-0.3, -0.25) is 4.98 Å². The summed E-state index contributed by atoms with van der Waals surface area (Å²) in [6.45, 7) is 3.29. The molecule has 2 aliphatic heterocycles. The quantitative estimate of drug-likeness (QED) is 0.749. The van der Waals surface area contributed by atoms with Crippen molar-refractivity contribution in [2.45, 2.75) is 12.5 Å². The Morgan fingerprint density at radius 2 is 2.38 bits per heavy atom. The molecule has 82 valence electrons. The van der Waals surface area contributed by atoms with E-state index in [1.807, 2.05) is 12.3 Å². The van der Waals surface area contributed by atoms with E-state index in [0.717, 1.165) is 31.2 Å². The van der Waals surface area contributed by atoms with Crippen LogP contribution in [-0.4, -0.2) is 30.7 Å². The first kappa shape index (κ1) is 9.61. The van der Waals surface area contributed by atoms with Crippen LogP contribution in [0.5, 0.6) is 0 Å². The zero-order chi connectivity index (χ0) is 11.0. The summed E-state index contributed by atoms with van der Waals surface area (Å²) in [6, 6.07) is 4.69. The Balaban J connectivity index is 1.81. The maximum absolute atomic E-state index is 8.85. The molecule has 2 aliphatic rings. The highest BCUT2D eigenvalue weighted by atomic mass is 15.2. The van der Waals surface area contributed by atoms with E-state index in [1.165, 1.54) is 6.42 Å². The molecule has 3 heterocycles. The highest BCUT2D eigenvalue weighted by Gasteiger charge is 2.35. The van der Waals surface area contributed by atoms with E-state index < -0.39 is 0 Å². The molecule has 2 fully saturated rings. The third-order valence-corrected chi connectivity index (χ3v) is 3.58. The summed E-state index contributed by atoms with van der Waals surface area (Å²) in [5.74, 6) is 0.769. The van der Waals surface area contributed by atoms with E-state index in [4.69, 9.17) is 5.26 Å². The van der Waals surface area contributed by atoms with Gasteiger partial charge >= 0.3 is 0 Å². The fraction of sp³-hybridized carbons (Fsp3) is 0.500. The molecule has 0 aromatic carbocycles. The van der Waals surface area contributed by atoms with Crippen molar-refractivity contribution < 1.29 is 0 Å². The minimum Gasteiger partial charge on any atom is -0.368 e. The predicted molar refractivity (Wildman–Crippen MR) is 61.1 cm³/mol. The Bertz CT molecular complexity index is 425. The molecule has 0 spiro atoms. The van der Waals surface area contributed by atoms with Crippen molar-refractivity contribution in [3.8, 4) is 6.07 Å². The van der Waals surface area contributed by atoms with Crippen LogP contribution in [0.2, 0.25) is 0 Å². The summed E-state index contributed by atoms with van der Waals surface area (Å²) >= 11 is 0. The van der Waals surface area contributed by atoms with Crippen molar-refractivity contribution in [1.29, 1.82) is 5.26 Å². The molecule has 0 aliphatic carbocycles. The standard InChI is InChI=1S/C12H14N4/c13-4-9-3-11(6-14-5-9)16-7-10-1-2-15-12(10)8-16/h3,5-6,10,12,15H,1-2,7-8H2/t10-,12+/m1/s1. The summed E-state index contributed by atoms with van der Waals surface area (Å²) in [6.07, 6.45) is 4.73. The fourth-order valence-corrected chi connectivity index (χ4v) is 2.72. The van der Waals surface area contributed by atoms with Crippen LogP contribution in [-0.2, 0) is 0 Å². The van der Waals surface area contributed by atoms with Crippen LogP contribution in [0.3, 0.4) is 0 Å². The largest absolute Gasteiger partial charge is 0.368 e. The molecule has 2 atom stereocenters. The molecule has 4 heteroatoms. The predicted octanol–water partition coefficient (Wildman–Crippen LogP) is 0.751. The van der Waals surface area contributed by atoms with Gasteiger partial charge < -0.3 is 10.2 Å². The average Bonchev–Trinajstić information content (AvgIpc) is 2.89. The lowest BCUT2D eigenvalue weighted by Crippen LogP contribution is -2.30. The van der Waals surface area contributed by atoms with E-state index in [-0.39, 0.29) is 0 Å². The number of nitrogens with zero attached hydrogens (tertiary/aromatic N) is 3. The Morgan fingerprint density at radius 3 is 3.19 bits per heavy atom. The molecule has 0 radical (unpaired) electrons. The fourth-order valence-electron chi connectivity index (χ4n) is 2.72. The van der Waals surface area contributed by atoms with Crippen LogP contribution < -0.4 is 10.2 Å². The number of hydrogen-bond acceptors (Lipinski definition) is 4. The Hall–Kier alpha value is -1.60. The van der Waals surface area contributed by atoms with Gasteiger partial charge in [0.15, 0.2) is 0 Å². The summed E-state index contributed by atoms with van der Waals surface area (Å²) in [5.41, 5.74) is 1.72. The number of fused-ring (bicyclic) bond motifs is 1. The van der Waals surface area contributed by atoms with Crippen molar-refractivity contribution in [3.05, 3.63) is 24.0 Å². The van der Waals surface area contributed by atoms with E-state index >= 15 is 0 Å². The number of anilines is 1. The Labute approximate surface area is 94.9 Å². The Kier molecular flexibility index (Phi) is 2.26. The smallest absolute Gasteiger partial charge is 0.101 e. The van der Waals surface area contributed by atoms with Gasteiger partial charge in [0, 0.05) is 25.3 Å². The molecule has 1 aromatic rings. The van der Waals surface area contributed by atoms with Crippen molar-refractivity contribution >= 4 is 5.69 Å². The van der Waals surface area contributed by atoms with E-state index in [1.54, 1.807) is 6.20 Å². The molecule has 1 N–H and O–H groups in total. The van der Waals surface area contributed by atoms with Gasteiger partial charge in [-0.05, 0) is 24.9 Å². The van der Waals surface area contributed by atoms with Gasteiger partial charge in [-0.1, -0.05) is 0 Å². The van der Waals surface area contributed by atoms with Gasteiger partial charge in [-0.25, -0.2) is 0 Å². The second-order valence-corrected chi connectivity index (χ2v) is 4.56. The molecule has 1 aromatic heterocycles. The lowest BCUT2D eigenvalue weighted by molar-refractivity contribution is 0.556. The van der Waals surface area contributed by atoms with Gasteiger partial charge in [0.1, 0.15) is 6.07 Å². The number of aromatic nitrogens is 1.